The molecular weight excluding hydrogens is 207 g/mol. The van der Waals surface area contributed by atoms with E-state index in [-0.39, 0.29) is 18.2 Å². The van der Waals surface area contributed by atoms with Gasteiger partial charge in [-0.3, -0.25) is 9.36 Å². The van der Waals surface area contributed by atoms with Crippen LogP contribution >= 0.6 is 7.60 Å². The van der Waals surface area contributed by atoms with Gasteiger partial charge in [0.25, 0.3) is 0 Å². The van der Waals surface area contributed by atoms with E-state index in [1.54, 1.807) is 13.8 Å². The average Bonchev–Trinajstić information content (AvgIpc) is 2.02. The largest absolute Gasteiger partial charge is 0.461 e. The number of ether oxygens (including phenoxy) is 1. The quantitative estimate of drug-likeness (QED) is 0.504. The van der Waals surface area contributed by atoms with Crippen molar-refractivity contribution in [2.45, 2.75) is 26.4 Å². The first-order valence-corrected chi connectivity index (χ1v) is 6.40. The summed E-state index contributed by atoms with van der Waals surface area (Å²) in [4.78, 5) is 10.5. The Bertz CT molecular complexity index is 234. The summed E-state index contributed by atoms with van der Waals surface area (Å²) in [6.45, 7) is 4.16. The van der Waals surface area contributed by atoms with Crippen molar-refractivity contribution >= 4 is 13.6 Å². The molecule has 0 bridgehead atoms. The molecule has 0 amide bonds. The highest BCUT2D eigenvalue weighted by Gasteiger charge is 2.37. The maximum Gasteiger partial charge on any atom is 0.334 e. The third-order valence-corrected chi connectivity index (χ3v) is 3.93. The number of carbonyl (C=O) groups is 1. The molecule has 1 aliphatic heterocycles. The molecule has 1 heterocycles. The molecular formula is C8H15O5P. The number of hydrogen-bond acceptors (Lipinski definition) is 5. The van der Waals surface area contributed by atoms with Gasteiger partial charge in [0.05, 0.1) is 25.8 Å². The zero-order valence-electron chi connectivity index (χ0n) is 8.39. The number of rotatable bonds is 6. The average molecular weight is 222 g/mol. The summed E-state index contributed by atoms with van der Waals surface area (Å²) in [6.07, 6.45) is 0.177. The summed E-state index contributed by atoms with van der Waals surface area (Å²) in [6, 6.07) is 0. The Labute approximate surface area is 83.3 Å². The number of hydrogen-bond donors (Lipinski definition) is 0. The predicted molar refractivity (Wildman–Crippen MR) is 50.2 cm³/mol. The Balaban J connectivity index is 2.42. The van der Waals surface area contributed by atoms with Crippen LogP contribution in [0.5, 0.6) is 0 Å². The Morgan fingerprint density at radius 3 is 2.29 bits per heavy atom. The van der Waals surface area contributed by atoms with Crippen molar-refractivity contribution in [3.63, 3.8) is 0 Å². The first kappa shape index (κ1) is 11.7. The fourth-order valence-electron chi connectivity index (χ4n) is 1.25. The van der Waals surface area contributed by atoms with Gasteiger partial charge < -0.3 is 13.8 Å². The summed E-state index contributed by atoms with van der Waals surface area (Å²) >= 11 is 0. The summed E-state index contributed by atoms with van der Waals surface area (Å²) in [5.41, 5.74) is 0. The molecule has 0 radical (unpaired) electrons. The second-order valence-corrected chi connectivity index (χ2v) is 5.05. The van der Waals surface area contributed by atoms with Crippen molar-refractivity contribution in [1.29, 1.82) is 0 Å². The zero-order chi connectivity index (χ0) is 10.6. The molecule has 1 saturated heterocycles. The van der Waals surface area contributed by atoms with Crippen molar-refractivity contribution in [3.05, 3.63) is 0 Å². The fourth-order valence-corrected chi connectivity index (χ4v) is 3.02. The van der Waals surface area contributed by atoms with E-state index in [2.05, 4.69) is 0 Å². The molecule has 0 aromatic carbocycles. The molecule has 0 aromatic rings. The van der Waals surface area contributed by atoms with E-state index in [9.17, 15) is 9.36 Å². The van der Waals surface area contributed by atoms with Crippen LogP contribution in [0, 0.1) is 0 Å². The van der Waals surface area contributed by atoms with Crippen LogP contribution in [0.2, 0.25) is 0 Å². The highest BCUT2D eigenvalue weighted by Crippen LogP contribution is 2.50. The molecule has 14 heavy (non-hydrogen) atoms. The monoisotopic (exact) mass is 222 g/mol. The highest BCUT2D eigenvalue weighted by molar-refractivity contribution is 7.53. The Kier molecular flexibility index (Phi) is 4.11. The van der Waals surface area contributed by atoms with Gasteiger partial charge >= 0.3 is 13.6 Å². The first-order valence-electron chi connectivity index (χ1n) is 4.67. The van der Waals surface area contributed by atoms with Gasteiger partial charge in [-0.1, -0.05) is 0 Å². The van der Waals surface area contributed by atoms with Crippen LogP contribution in [0.4, 0.5) is 0 Å². The lowest BCUT2D eigenvalue weighted by Gasteiger charge is -2.28. The molecule has 0 N–H and O–H groups in total. The maximum atomic E-state index is 11.9. The lowest BCUT2D eigenvalue weighted by molar-refractivity contribution is -0.167. The van der Waals surface area contributed by atoms with E-state index in [0.717, 1.165) is 0 Å². The lowest BCUT2D eigenvalue weighted by atomic mass is 10.2. The van der Waals surface area contributed by atoms with Crippen LogP contribution in [-0.4, -0.2) is 31.4 Å². The molecule has 0 spiro atoms. The minimum absolute atomic E-state index is 0.167. The SMILES string of the molecule is CCOP(=O)(C[C@@H]1CC(=O)O1)OCC. The summed E-state index contributed by atoms with van der Waals surface area (Å²) in [5, 5.41) is 0. The standard InChI is InChI=1S/C8H15O5P/c1-3-11-14(10,12-4-2)6-7-5-8(9)13-7/h7H,3-6H2,1-2H3/t7-/m0/s1. The molecule has 1 fully saturated rings. The van der Waals surface area contributed by atoms with Crippen LogP contribution in [0.3, 0.4) is 0 Å². The van der Waals surface area contributed by atoms with E-state index >= 15 is 0 Å². The molecule has 1 aliphatic rings. The van der Waals surface area contributed by atoms with Crippen LogP contribution in [-0.2, 0) is 23.1 Å². The maximum absolute atomic E-state index is 11.9. The molecule has 82 valence electrons. The second-order valence-electron chi connectivity index (χ2n) is 2.95. The Hall–Kier alpha value is -0.380. The minimum Gasteiger partial charge on any atom is -0.461 e. The molecule has 0 aromatic heterocycles. The molecule has 0 aliphatic carbocycles. The lowest BCUT2D eigenvalue weighted by Crippen LogP contribution is -2.35. The van der Waals surface area contributed by atoms with Gasteiger partial charge in [-0.05, 0) is 13.8 Å². The van der Waals surface area contributed by atoms with Gasteiger partial charge in [0.1, 0.15) is 6.10 Å². The van der Waals surface area contributed by atoms with Crippen molar-refractivity contribution < 1.29 is 23.1 Å². The van der Waals surface area contributed by atoms with E-state index in [1.165, 1.54) is 0 Å². The van der Waals surface area contributed by atoms with Gasteiger partial charge in [-0.25, -0.2) is 0 Å². The minimum atomic E-state index is -3.04. The summed E-state index contributed by atoms with van der Waals surface area (Å²) in [7, 11) is -3.04. The van der Waals surface area contributed by atoms with Gasteiger partial charge in [0.15, 0.2) is 0 Å². The van der Waals surface area contributed by atoms with Gasteiger partial charge in [0.2, 0.25) is 0 Å². The molecule has 0 saturated carbocycles. The third-order valence-electron chi connectivity index (χ3n) is 1.77. The van der Waals surface area contributed by atoms with Crippen LogP contribution < -0.4 is 0 Å². The van der Waals surface area contributed by atoms with Crippen molar-refractivity contribution in [1.82, 2.24) is 0 Å². The smallest absolute Gasteiger partial charge is 0.334 e. The third kappa shape index (κ3) is 3.08. The van der Waals surface area contributed by atoms with E-state index in [1.807, 2.05) is 0 Å². The van der Waals surface area contributed by atoms with Crippen molar-refractivity contribution in [3.8, 4) is 0 Å². The van der Waals surface area contributed by atoms with E-state index in [0.29, 0.717) is 19.6 Å². The van der Waals surface area contributed by atoms with Gasteiger partial charge in [-0.2, -0.15) is 0 Å². The molecule has 6 heteroatoms. The zero-order valence-corrected chi connectivity index (χ0v) is 9.29. The number of cyclic esters (lactones) is 1. The highest BCUT2D eigenvalue weighted by atomic mass is 31.2. The molecule has 1 atom stereocenters. The van der Waals surface area contributed by atoms with Crippen LogP contribution in [0.15, 0.2) is 0 Å². The summed E-state index contributed by atoms with van der Waals surface area (Å²) in [5.74, 6) is -0.255. The molecule has 0 unspecified atom stereocenters. The summed E-state index contributed by atoms with van der Waals surface area (Å²) < 4.78 is 26.8. The topological polar surface area (TPSA) is 61.8 Å². The van der Waals surface area contributed by atoms with Crippen molar-refractivity contribution in [2.24, 2.45) is 0 Å². The van der Waals surface area contributed by atoms with Crippen LogP contribution in [0.25, 0.3) is 0 Å². The van der Waals surface area contributed by atoms with Gasteiger partial charge in [-0.15, -0.1) is 0 Å². The predicted octanol–water partition coefficient (Wildman–Crippen LogP) is 1.57. The van der Waals surface area contributed by atoms with Crippen molar-refractivity contribution in [2.75, 3.05) is 19.4 Å². The number of carbonyl (C=O) groups excluding carboxylic acids is 1. The van der Waals surface area contributed by atoms with E-state index in [4.69, 9.17) is 13.8 Å². The second kappa shape index (κ2) is 4.91. The Morgan fingerprint density at radius 2 is 1.93 bits per heavy atom. The van der Waals surface area contributed by atoms with Gasteiger partial charge in [0, 0.05) is 0 Å². The first-order chi connectivity index (χ1) is 6.59. The number of esters is 1. The van der Waals surface area contributed by atoms with Crippen LogP contribution in [0.1, 0.15) is 20.3 Å². The fraction of sp³-hybridized carbons (Fsp3) is 0.875. The normalized spacial score (nSPS) is 21.6. The van der Waals surface area contributed by atoms with E-state index < -0.39 is 7.60 Å². The Morgan fingerprint density at radius 1 is 1.43 bits per heavy atom. The molecule has 5 nitrogen and oxygen atoms in total. The molecule has 1 rings (SSSR count).